The van der Waals surface area contributed by atoms with Gasteiger partial charge in [0.25, 0.3) is 0 Å². The van der Waals surface area contributed by atoms with E-state index in [1.807, 2.05) is 0 Å². The fourth-order valence-electron chi connectivity index (χ4n) is 1.59. The zero-order chi connectivity index (χ0) is 10.2. The van der Waals surface area contributed by atoms with Crippen LogP contribution in [0.5, 0.6) is 0 Å². The molecule has 14 heavy (non-hydrogen) atoms. The van der Waals surface area contributed by atoms with E-state index in [0.717, 1.165) is 23.2 Å². The Bertz CT molecular complexity index is 328. The molecule has 0 radical (unpaired) electrons. The van der Waals surface area contributed by atoms with E-state index in [1.54, 1.807) is 6.20 Å². The molecule has 3 N–H and O–H groups in total. The first-order valence-corrected chi connectivity index (χ1v) is 5.53. The van der Waals surface area contributed by atoms with Gasteiger partial charge in [-0.2, -0.15) is 0 Å². The Morgan fingerprint density at radius 3 is 3.07 bits per heavy atom. The largest absolute Gasteiger partial charge is 0.389 e. The lowest BCUT2D eigenvalue weighted by Gasteiger charge is -2.28. The molecule has 1 fully saturated rings. The summed E-state index contributed by atoms with van der Waals surface area (Å²) in [4.78, 5) is 4.19. The van der Waals surface area contributed by atoms with Crippen LogP contribution in [0, 0.1) is 0 Å². The highest BCUT2D eigenvalue weighted by Gasteiger charge is 2.37. The molecular formula is C9H15N3OS. The van der Waals surface area contributed by atoms with Crippen LogP contribution in [0.15, 0.2) is 6.20 Å². The van der Waals surface area contributed by atoms with Gasteiger partial charge in [-0.3, -0.25) is 0 Å². The van der Waals surface area contributed by atoms with E-state index in [0.29, 0.717) is 0 Å². The van der Waals surface area contributed by atoms with Crippen molar-refractivity contribution in [2.75, 3.05) is 17.7 Å². The van der Waals surface area contributed by atoms with Crippen LogP contribution in [0.4, 0.5) is 10.1 Å². The number of nitrogens with one attached hydrogen (secondary N) is 1. The molecule has 1 aromatic rings. The fourth-order valence-corrected chi connectivity index (χ4v) is 2.31. The first-order chi connectivity index (χ1) is 6.60. The fraction of sp³-hybridized carbons (Fsp3) is 0.667. The van der Waals surface area contributed by atoms with Crippen LogP contribution >= 0.6 is 11.3 Å². The summed E-state index contributed by atoms with van der Waals surface area (Å²) < 4.78 is 5.53. The van der Waals surface area contributed by atoms with E-state index in [1.165, 1.54) is 11.3 Å². The van der Waals surface area contributed by atoms with Crippen LogP contribution in [-0.4, -0.2) is 23.2 Å². The highest BCUT2D eigenvalue weighted by atomic mass is 32.1. The minimum Gasteiger partial charge on any atom is -0.389 e. The summed E-state index contributed by atoms with van der Waals surface area (Å²) in [5.74, 6) is 0. The number of nitrogens with zero attached hydrogens (tertiary/aromatic N) is 1. The lowest BCUT2D eigenvalue weighted by Crippen LogP contribution is -2.41. The summed E-state index contributed by atoms with van der Waals surface area (Å²) in [6.45, 7) is 5.05. The van der Waals surface area contributed by atoms with Crippen LogP contribution in [0.25, 0.3) is 0 Å². The van der Waals surface area contributed by atoms with Crippen molar-refractivity contribution in [3.63, 3.8) is 0 Å². The van der Waals surface area contributed by atoms with E-state index >= 15 is 0 Å². The SMILES string of the molecule is CC1OCCC1(C)Nc1ncc(N)s1. The highest BCUT2D eigenvalue weighted by Crippen LogP contribution is 2.31. The Labute approximate surface area is 87.5 Å². The van der Waals surface area contributed by atoms with Crippen LogP contribution in [0.2, 0.25) is 0 Å². The Hall–Kier alpha value is -0.810. The number of nitrogen functional groups attached to an aromatic ring is 1. The molecule has 0 aliphatic carbocycles. The molecule has 1 aromatic heterocycles. The zero-order valence-electron chi connectivity index (χ0n) is 8.41. The van der Waals surface area contributed by atoms with Crippen molar-refractivity contribution >= 4 is 21.5 Å². The summed E-state index contributed by atoms with van der Waals surface area (Å²) in [6, 6.07) is 0. The van der Waals surface area contributed by atoms with E-state index in [-0.39, 0.29) is 11.6 Å². The topological polar surface area (TPSA) is 60.2 Å². The molecule has 1 saturated heterocycles. The molecule has 0 amide bonds. The monoisotopic (exact) mass is 213 g/mol. The molecule has 0 saturated carbocycles. The summed E-state index contributed by atoms with van der Waals surface area (Å²) in [7, 11) is 0. The second-order valence-electron chi connectivity index (χ2n) is 3.87. The maximum atomic E-state index is 5.62. The van der Waals surface area contributed by atoms with E-state index < -0.39 is 0 Å². The normalized spacial score (nSPS) is 32.0. The third kappa shape index (κ3) is 1.69. The van der Waals surface area contributed by atoms with Gasteiger partial charge in [-0.15, -0.1) is 0 Å². The molecule has 1 aliphatic rings. The molecule has 2 heterocycles. The third-order valence-corrected chi connectivity index (χ3v) is 3.54. The molecule has 0 aromatic carbocycles. The van der Waals surface area contributed by atoms with E-state index in [2.05, 4.69) is 24.1 Å². The Kier molecular flexibility index (Phi) is 2.36. The van der Waals surface area contributed by atoms with Gasteiger partial charge in [-0.1, -0.05) is 11.3 Å². The predicted molar refractivity (Wildman–Crippen MR) is 58.6 cm³/mol. The number of hydrogen-bond donors (Lipinski definition) is 2. The third-order valence-electron chi connectivity index (χ3n) is 2.80. The van der Waals surface area contributed by atoms with Gasteiger partial charge in [-0.05, 0) is 20.3 Å². The van der Waals surface area contributed by atoms with Gasteiger partial charge in [0, 0.05) is 6.61 Å². The predicted octanol–water partition coefficient (Wildman–Crippen LogP) is 1.70. The van der Waals surface area contributed by atoms with Crippen molar-refractivity contribution < 1.29 is 4.74 Å². The molecule has 0 bridgehead atoms. The minimum atomic E-state index is -0.00963. The van der Waals surface area contributed by atoms with Crippen molar-refractivity contribution in [1.82, 2.24) is 4.98 Å². The van der Waals surface area contributed by atoms with Crippen molar-refractivity contribution in [3.8, 4) is 0 Å². The second kappa shape index (κ2) is 3.40. The van der Waals surface area contributed by atoms with Gasteiger partial charge in [0.05, 0.1) is 17.8 Å². The van der Waals surface area contributed by atoms with Crippen LogP contribution in [0.3, 0.4) is 0 Å². The molecule has 5 heteroatoms. The molecular weight excluding hydrogens is 198 g/mol. The average Bonchev–Trinajstić information content (AvgIpc) is 2.62. The maximum absolute atomic E-state index is 5.62. The number of ether oxygens (including phenoxy) is 1. The molecule has 2 rings (SSSR count). The number of rotatable bonds is 2. The minimum absolute atomic E-state index is 0.00963. The summed E-state index contributed by atoms with van der Waals surface area (Å²) in [5.41, 5.74) is 5.61. The Morgan fingerprint density at radius 2 is 2.57 bits per heavy atom. The molecule has 2 atom stereocenters. The second-order valence-corrected chi connectivity index (χ2v) is 4.94. The molecule has 0 spiro atoms. The van der Waals surface area contributed by atoms with Crippen LogP contribution < -0.4 is 11.1 Å². The van der Waals surface area contributed by atoms with Gasteiger partial charge >= 0.3 is 0 Å². The van der Waals surface area contributed by atoms with Gasteiger partial charge in [0.15, 0.2) is 5.13 Å². The quantitative estimate of drug-likeness (QED) is 0.785. The first kappa shape index (κ1) is 9.73. The number of anilines is 2. The van der Waals surface area contributed by atoms with Gasteiger partial charge in [0.1, 0.15) is 5.00 Å². The lowest BCUT2D eigenvalue weighted by molar-refractivity contribution is 0.105. The summed E-state index contributed by atoms with van der Waals surface area (Å²) in [6.07, 6.45) is 2.90. The van der Waals surface area contributed by atoms with Gasteiger partial charge in [-0.25, -0.2) is 4.98 Å². The highest BCUT2D eigenvalue weighted by molar-refractivity contribution is 7.19. The van der Waals surface area contributed by atoms with Crippen molar-refractivity contribution in [3.05, 3.63) is 6.20 Å². The number of thiazole rings is 1. The molecule has 2 unspecified atom stereocenters. The Morgan fingerprint density at radius 1 is 1.79 bits per heavy atom. The summed E-state index contributed by atoms with van der Waals surface area (Å²) >= 11 is 1.48. The number of hydrogen-bond acceptors (Lipinski definition) is 5. The molecule has 1 aliphatic heterocycles. The standard InChI is InChI=1S/C9H15N3OS/c1-6-9(2,3-4-13-6)12-8-11-5-7(10)14-8/h5-6H,3-4,10H2,1-2H3,(H,11,12). The van der Waals surface area contributed by atoms with E-state index in [9.17, 15) is 0 Å². The van der Waals surface area contributed by atoms with E-state index in [4.69, 9.17) is 10.5 Å². The lowest BCUT2D eigenvalue weighted by atomic mass is 9.95. The maximum Gasteiger partial charge on any atom is 0.185 e. The smallest absolute Gasteiger partial charge is 0.185 e. The first-order valence-electron chi connectivity index (χ1n) is 4.71. The van der Waals surface area contributed by atoms with Crippen molar-refractivity contribution in [2.24, 2.45) is 0 Å². The van der Waals surface area contributed by atoms with Crippen LogP contribution in [-0.2, 0) is 4.74 Å². The Balaban J connectivity index is 2.10. The average molecular weight is 213 g/mol. The molecule has 4 nitrogen and oxygen atoms in total. The van der Waals surface area contributed by atoms with Crippen molar-refractivity contribution in [1.29, 1.82) is 0 Å². The number of aromatic nitrogens is 1. The summed E-state index contributed by atoms with van der Waals surface area (Å²) in [5, 5.41) is 5.01. The van der Waals surface area contributed by atoms with Gasteiger partial charge < -0.3 is 15.8 Å². The number of nitrogens with two attached hydrogens (primary N) is 1. The van der Waals surface area contributed by atoms with Crippen LogP contribution in [0.1, 0.15) is 20.3 Å². The van der Waals surface area contributed by atoms with Gasteiger partial charge in [0.2, 0.25) is 0 Å². The molecule has 78 valence electrons. The van der Waals surface area contributed by atoms with Crippen molar-refractivity contribution in [2.45, 2.75) is 31.9 Å². The zero-order valence-corrected chi connectivity index (χ0v) is 9.23.